The molecule has 25 heavy (non-hydrogen) atoms. The number of methoxy groups -OCH3 is 2. The summed E-state index contributed by atoms with van der Waals surface area (Å²) in [5.74, 6) is 1.31. The highest BCUT2D eigenvalue weighted by atomic mass is 35.5. The molecule has 0 fully saturated rings. The van der Waals surface area contributed by atoms with Crippen molar-refractivity contribution in [3.63, 3.8) is 0 Å². The molecule has 1 atom stereocenters. The lowest BCUT2D eigenvalue weighted by atomic mass is 10.1. The van der Waals surface area contributed by atoms with E-state index in [1.54, 1.807) is 14.2 Å². The van der Waals surface area contributed by atoms with E-state index in [0.717, 1.165) is 29.0 Å². The van der Waals surface area contributed by atoms with E-state index in [1.807, 2.05) is 36.4 Å². The van der Waals surface area contributed by atoms with Gasteiger partial charge in [-0.3, -0.25) is 0 Å². The van der Waals surface area contributed by atoms with E-state index in [-0.39, 0.29) is 12.1 Å². The van der Waals surface area contributed by atoms with Crippen LogP contribution in [0.2, 0.25) is 5.02 Å². The summed E-state index contributed by atoms with van der Waals surface area (Å²) in [5.41, 5.74) is 3.29. The molecule has 1 aliphatic carbocycles. The first-order chi connectivity index (χ1) is 12.1. The maximum atomic E-state index is 12.2. The summed E-state index contributed by atoms with van der Waals surface area (Å²) in [6.45, 7) is 0.409. The predicted octanol–water partition coefficient (Wildman–Crippen LogP) is 3.84. The number of aryl methyl sites for hydroxylation is 1. The fraction of sp³-hybridized carbons (Fsp3) is 0.316. The summed E-state index contributed by atoms with van der Waals surface area (Å²) in [7, 11) is 3.18. The Morgan fingerprint density at radius 1 is 1.16 bits per heavy atom. The zero-order valence-electron chi connectivity index (χ0n) is 14.3. The highest BCUT2D eigenvalue weighted by Gasteiger charge is 2.23. The largest absolute Gasteiger partial charge is 0.493 e. The Hall–Kier alpha value is -2.40. The highest BCUT2D eigenvalue weighted by molar-refractivity contribution is 6.30. The molecule has 0 bridgehead atoms. The summed E-state index contributed by atoms with van der Waals surface area (Å²) < 4.78 is 10.5. The van der Waals surface area contributed by atoms with Crippen LogP contribution >= 0.6 is 11.6 Å². The fourth-order valence-corrected chi connectivity index (χ4v) is 3.31. The van der Waals surface area contributed by atoms with Crippen molar-refractivity contribution < 1.29 is 14.3 Å². The van der Waals surface area contributed by atoms with E-state index in [1.165, 1.54) is 5.56 Å². The molecule has 6 heteroatoms. The third kappa shape index (κ3) is 3.99. The molecule has 2 aromatic rings. The Bertz CT molecular complexity index is 779. The van der Waals surface area contributed by atoms with Crippen molar-refractivity contribution in [1.82, 2.24) is 10.6 Å². The van der Waals surface area contributed by atoms with Gasteiger partial charge < -0.3 is 20.1 Å². The second-order valence-electron chi connectivity index (χ2n) is 5.95. The topological polar surface area (TPSA) is 59.6 Å². The maximum Gasteiger partial charge on any atom is 0.315 e. The maximum absolute atomic E-state index is 12.2. The first kappa shape index (κ1) is 17.4. The first-order valence-corrected chi connectivity index (χ1v) is 8.52. The number of fused-ring (bicyclic) bond motifs is 1. The van der Waals surface area contributed by atoms with Crippen molar-refractivity contribution in [3.8, 4) is 11.5 Å². The minimum atomic E-state index is -0.192. The number of ether oxygens (including phenoxy) is 2. The molecule has 2 N–H and O–H groups in total. The van der Waals surface area contributed by atoms with Crippen LogP contribution in [-0.4, -0.2) is 20.3 Å². The van der Waals surface area contributed by atoms with E-state index >= 15 is 0 Å². The molecule has 0 aliphatic heterocycles. The number of amides is 2. The van der Waals surface area contributed by atoms with E-state index in [0.29, 0.717) is 18.0 Å². The monoisotopic (exact) mass is 360 g/mol. The van der Waals surface area contributed by atoms with Crippen LogP contribution in [0, 0.1) is 0 Å². The molecule has 1 aliphatic rings. The molecule has 0 spiro atoms. The van der Waals surface area contributed by atoms with Gasteiger partial charge in [0.05, 0.1) is 20.3 Å². The van der Waals surface area contributed by atoms with Crippen LogP contribution in [0.25, 0.3) is 0 Å². The highest BCUT2D eigenvalue weighted by Crippen LogP contribution is 2.32. The molecule has 0 aromatic heterocycles. The Morgan fingerprint density at radius 2 is 1.96 bits per heavy atom. The average Bonchev–Trinajstić information content (AvgIpc) is 3.01. The molecule has 0 saturated heterocycles. The number of rotatable bonds is 5. The number of halogens is 1. The Labute approximate surface area is 152 Å². The summed E-state index contributed by atoms with van der Waals surface area (Å²) in [6, 6.07) is 11.2. The molecule has 2 amide bonds. The molecule has 5 nitrogen and oxygen atoms in total. The second-order valence-corrected chi connectivity index (χ2v) is 6.39. The molecular formula is C19H21ClN2O3. The van der Waals surface area contributed by atoms with E-state index in [4.69, 9.17) is 21.1 Å². The SMILES string of the molecule is COc1ccc(CNC(=O)NC2CCc3cc(Cl)ccc32)cc1OC. The number of urea groups is 1. The normalized spacial score (nSPS) is 15.4. The molecule has 1 unspecified atom stereocenters. The minimum Gasteiger partial charge on any atom is -0.493 e. The third-order valence-corrected chi connectivity index (χ3v) is 4.62. The lowest BCUT2D eigenvalue weighted by molar-refractivity contribution is 0.236. The van der Waals surface area contributed by atoms with Gasteiger partial charge >= 0.3 is 6.03 Å². The number of nitrogens with one attached hydrogen (secondary N) is 2. The van der Waals surface area contributed by atoms with E-state index < -0.39 is 0 Å². The smallest absolute Gasteiger partial charge is 0.315 e. The molecule has 0 radical (unpaired) electrons. The zero-order valence-corrected chi connectivity index (χ0v) is 15.0. The van der Waals surface area contributed by atoms with Crippen molar-refractivity contribution >= 4 is 17.6 Å². The lowest BCUT2D eigenvalue weighted by Gasteiger charge is -2.15. The van der Waals surface area contributed by atoms with Crippen LogP contribution < -0.4 is 20.1 Å². The quantitative estimate of drug-likeness (QED) is 0.851. The van der Waals surface area contributed by atoms with E-state index in [9.17, 15) is 4.79 Å². The zero-order chi connectivity index (χ0) is 17.8. The molecule has 3 rings (SSSR count). The van der Waals surface area contributed by atoms with Gasteiger partial charge in [-0.25, -0.2) is 4.79 Å². The molecule has 132 valence electrons. The van der Waals surface area contributed by atoms with Gasteiger partial charge in [0.15, 0.2) is 11.5 Å². The van der Waals surface area contributed by atoms with Crippen LogP contribution in [0.4, 0.5) is 4.79 Å². The van der Waals surface area contributed by atoms with Crippen LogP contribution in [0.15, 0.2) is 36.4 Å². The van der Waals surface area contributed by atoms with Crippen molar-refractivity contribution in [3.05, 3.63) is 58.1 Å². The number of hydrogen-bond acceptors (Lipinski definition) is 3. The summed E-state index contributed by atoms with van der Waals surface area (Å²) >= 11 is 6.02. The standard InChI is InChI=1S/C19H21ClN2O3/c1-24-17-8-3-12(9-18(17)25-2)11-21-19(23)22-16-7-4-13-10-14(20)5-6-15(13)16/h3,5-6,8-10,16H,4,7,11H2,1-2H3,(H2,21,22,23). The van der Waals surface area contributed by atoms with Gasteiger partial charge in [0.25, 0.3) is 0 Å². The third-order valence-electron chi connectivity index (χ3n) is 4.39. The van der Waals surface area contributed by atoms with Gasteiger partial charge in [0, 0.05) is 11.6 Å². The molecule has 2 aromatic carbocycles. The molecule has 0 heterocycles. The summed E-state index contributed by atoms with van der Waals surface area (Å²) in [5, 5.41) is 6.64. The summed E-state index contributed by atoms with van der Waals surface area (Å²) in [6.07, 6.45) is 1.82. The van der Waals surface area contributed by atoms with Crippen molar-refractivity contribution in [1.29, 1.82) is 0 Å². The number of carbonyl (C=O) groups is 1. The first-order valence-electron chi connectivity index (χ1n) is 8.14. The van der Waals surface area contributed by atoms with Crippen LogP contribution in [0.3, 0.4) is 0 Å². The Morgan fingerprint density at radius 3 is 2.72 bits per heavy atom. The molecular weight excluding hydrogens is 340 g/mol. The number of benzene rings is 2. The number of hydrogen-bond donors (Lipinski definition) is 2. The van der Waals surface area contributed by atoms with Crippen molar-refractivity contribution in [2.24, 2.45) is 0 Å². The fourth-order valence-electron chi connectivity index (χ4n) is 3.12. The van der Waals surface area contributed by atoms with Gasteiger partial charge in [-0.1, -0.05) is 23.7 Å². The second kappa shape index (κ2) is 7.66. The van der Waals surface area contributed by atoms with Gasteiger partial charge in [-0.2, -0.15) is 0 Å². The van der Waals surface area contributed by atoms with Gasteiger partial charge in [0.1, 0.15) is 0 Å². The molecule has 0 saturated carbocycles. The van der Waals surface area contributed by atoms with Gasteiger partial charge in [-0.15, -0.1) is 0 Å². The summed E-state index contributed by atoms with van der Waals surface area (Å²) in [4.78, 5) is 12.2. The number of carbonyl (C=O) groups excluding carboxylic acids is 1. The Kier molecular flexibility index (Phi) is 5.34. The van der Waals surface area contributed by atoms with Crippen molar-refractivity contribution in [2.45, 2.75) is 25.4 Å². The Balaban J connectivity index is 1.58. The van der Waals surface area contributed by atoms with E-state index in [2.05, 4.69) is 10.6 Å². The van der Waals surface area contributed by atoms with Gasteiger partial charge in [-0.05, 0) is 53.8 Å². The van der Waals surface area contributed by atoms with Crippen LogP contribution in [0.5, 0.6) is 11.5 Å². The average molecular weight is 361 g/mol. The van der Waals surface area contributed by atoms with Crippen molar-refractivity contribution in [2.75, 3.05) is 14.2 Å². The van der Waals surface area contributed by atoms with Gasteiger partial charge in [0.2, 0.25) is 0 Å². The predicted molar refractivity (Wildman–Crippen MR) is 97.4 cm³/mol. The minimum absolute atomic E-state index is 0.0256. The lowest BCUT2D eigenvalue weighted by Crippen LogP contribution is -2.36. The van der Waals surface area contributed by atoms with Crippen LogP contribution in [0.1, 0.15) is 29.2 Å². The van der Waals surface area contributed by atoms with Crippen LogP contribution in [-0.2, 0) is 13.0 Å².